The average molecular weight is 311 g/mol. The summed E-state index contributed by atoms with van der Waals surface area (Å²) >= 11 is 0. The van der Waals surface area contributed by atoms with Gasteiger partial charge in [0.2, 0.25) is 0 Å². The molecule has 0 atom stereocenters. The van der Waals surface area contributed by atoms with Crippen molar-refractivity contribution in [3.05, 3.63) is 30.6 Å². The molecule has 0 aliphatic carbocycles. The first-order valence-electron chi connectivity index (χ1n) is 7.31. The number of carbonyl (C=O) groups is 1. The van der Waals surface area contributed by atoms with E-state index in [4.69, 9.17) is 6.42 Å². The molecule has 0 radical (unpaired) electrons. The van der Waals surface area contributed by atoms with Gasteiger partial charge in [-0.1, -0.05) is 0 Å². The maximum atomic E-state index is 12.1. The van der Waals surface area contributed by atoms with Gasteiger partial charge in [-0.05, 0) is 0 Å². The van der Waals surface area contributed by atoms with Crippen LogP contribution in [-0.2, 0) is 7.05 Å². The molecule has 2 aromatic rings. The number of amides is 1. The topological polar surface area (TPSA) is 89.5 Å². The van der Waals surface area contributed by atoms with E-state index in [0.717, 1.165) is 12.1 Å². The molecule has 0 spiro atoms. The number of hydrogen-bond donors (Lipinski definition) is 1. The zero-order chi connectivity index (χ0) is 16.3. The molecule has 3 heterocycles. The van der Waals surface area contributed by atoms with Crippen LogP contribution in [0, 0.1) is 12.3 Å². The van der Waals surface area contributed by atoms with Crippen molar-refractivity contribution in [2.24, 2.45) is 17.3 Å². The fraction of sp³-hybridized carbons (Fsp3) is 0.400. The number of nitrogens with one attached hydrogen (secondary N) is 1. The molecule has 0 fully saturated rings. The first-order valence-corrected chi connectivity index (χ1v) is 7.31. The van der Waals surface area contributed by atoms with Crippen LogP contribution >= 0.6 is 0 Å². The van der Waals surface area contributed by atoms with Gasteiger partial charge in [0.25, 0.3) is 5.91 Å². The zero-order valence-electron chi connectivity index (χ0n) is 12.8. The smallest absolute Gasteiger partial charge is 0.271 e. The molecule has 3 rings (SSSR count). The lowest BCUT2D eigenvalue weighted by Gasteiger charge is -2.08. The third-order valence-corrected chi connectivity index (χ3v) is 3.67. The van der Waals surface area contributed by atoms with Crippen molar-refractivity contribution in [3.63, 3.8) is 0 Å². The Morgan fingerprint density at radius 1 is 1.39 bits per heavy atom. The van der Waals surface area contributed by atoms with Crippen LogP contribution in [0.3, 0.4) is 0 Å². The van der Waals surface area contributed by atoms with Crippen molar-refractivity contribution < 1.29 is 4.79 Å². The summed E-state index contributed by atoms with van der Waals surface area (Å²) in [5, 5.41) is 15.0. The Kier molecular flexibility index (Phi) is 3.93. The largest absolute Gasteiger partial charge is 0.350 e. The number of terminal acetylenes is 1. The quantitative estimate of drug-likeness (QED) is 0.782. The molecule has 1 amide bonds. The van der Waals surface area contributed by atoms with Crippen LogP contribution < -0.4 is 5.32 Å². The van der Waals surface area contributed by atoms with E-state index in [1.165, 1.54) is 0 Å². The number of rotatable bonds is 7. The molecule has 0 aromatic carbocycles. The molecule has 0 saturated carbocycles. The van der Waals surface area contributed by atoms with Gasteiger partial charge in [0.05, 0.1) is 11.9 Å². The van der Waals surface area contributed by atoms with Crippen LogP contribution in [0.1, 0.15) is 29.8 Å². The van der Waals surface area contributed by atoms with E-state index in [1.54, 1.807) is 28.0 Å². The Labute approximate surface area is 133 Å². The fourth-order valence-electron chi connectivity index (χ4n) is 2.26. The van der Waals surface area contributed by atoms with Gasteiger partial charge in [-0.15, -0.1) is 12.3 Å². The van der Waals surface area contributed by atoms with E-state index in [-0.39, 0.29) is 11.6 Å². The van der Waals surface area contributed by atoms with Crippen molar-refractivity contribution >= 4 is 5.91 Å². The number of hydrogen-bond acceptors (Lipinski definition) is 5. The summed E-state index contributed by atoms with van der Waals surface area (Å²) in [5.41, 5.74) is 0.827. The van der Waals surface area contributed by atoms with E-state index in [2.05, 4.69) is 31.5 Å². The van der Waals surface area contributed by atoms with Crippen molar-refractivity contribution in [2.75, 3.05) is 6.54 Å². The Hall–Kier alpha value is -2.95. The van der Waals surface area contributed by atoms with E-state index >= 15 is 0 Å². The second-order valence-electron chi connectivity index (χ2n) is 5.43. The third kappa shape index (κ3) is 3.45. The SMILES string of the molecule is C#CCCC1(CCNC(=O)c2cn(-c3cnn(C)c3)cn2)N=N1. The number of imidazole rings is 1. The van der Waals surface area contributed by atoms with Crippen LogP contribution in [0.4, 0.5) is 0 Å². The van der Waals surface area contributed by atoms with Gasteiger partial charge >= 0.3 is 0 Å². The molecule has 2 aromatic heterocycles. The molecule has 0 unspecified atom stereocenters. The van der Waals surface area contributed by atoms with Crippen LogP contribution in [0.5, 0.6) is 0 Å². The molecule has 23 heavy (non-hydrogen) atoms. The first kappa shape index (κ1) is 15.0. The van der Waals surface area contributed by atoms with Gasteiger partial charge in [0, 0.05) is 45.2 Å². The molecular formula is C15H17N7O. The highest BCUT2D eigenvalue weighted by Gasteiger charge is 2.38. The highest BCUT2D eigenvalue weighted by molar-refractivity contribution is 5.92. The van der Waals surface area contributed by atoms with Crippen LogP contribution in [-0.4, -0.2) is 37.4 Å². The second kappa shape index (κ2) is 6.04. The van der Waals surface area contributed by atoms with Gasteiger partial charge in [0.15, 0.2) is 5.66 Å². The maximum Gasteiger partial charge on any atom is 0.271 e. The first-order chi connectivity index (χ1) is 11.1. The number of carbonyl (C=O) groups excluding carboxylic acids is 1. The molecule has 118 valence electrons. The Morgan fingerprint density at radius 3 is 2.87 bits per heavy atom. The van der Waals surface area contributed by atoms with Crippen LogP contribution in [0.15, 0.2) is 35.1 Å². The molecule has 1 N–H and O–H groups in total. The lowest BCUT2D eigenvalue weighted by molar-refractivity contribution is 0.0947. The highest BCUT2D eigenvalue weighted by atomic mass is 16.1. The van der Waals surface area contributed by atoms with Crippen molar-refractivity contribution in [1.82, 2.24) is 24.6 Å². The van der Waals surface area contributed by atoms with E-state index in [1.807, 2.05) is 13.2 Å². The average Bonchev–Trinajstić information content (AvgIpc) is 2.96. The molecule has 1 aliphatic rings. The molecule has 1 aliphatic heterocycles. The van der Waals surface area contributed by atoms with Crippen molar-refractivity contribution in [3.8, 4) is 18.0 Å². The van der Waals surface area contributed by atoms with Crippen molar-refractivity contribution in [2.45, 2.75) is 24.9 Å². The Balaban J connectivity index is 1.51. The number of aromatic nitrogens is 4. The molecule has 0 saturated heterocycles. The minimum Gasteiger partial charge on any atom is -0.350 e. The highest BCUT2D eigenvalue weighted by Crippen LogP contribution is 2.35. The number of nitrogens with zero attached hydrogens (tertiary/aromatic N) is 6. The summed E-state index contributed by atoms with van der Waals surface area (Å²) in [6, 6.07) is 0. The van der Waals surface area contributed by atoms with E-state index < -0.39 is 0 Å². The summed E-state index contributed by atoms with van der Waals surface area (Å²) in [6.45, 7) is 0.482. The summed E-state index contributed by atoms with van der Waals surface area (Å²) in [6.07, 6.45) is 14.1. The Bertz CT molecular complexity index is 774. The Morgan fingerprint density at radius 2 is 2.22 bits per heavy atom. The second-order valence-corrected chi connectivity index (χ2v) is 5.43. The molecule has 8 nitrogen and oxygen atoms in total. The van der Waals surface area contributed by atoms with Gasteiger partial charge in [-0.2, -0.15) is 15.3 Å². The van der Waals surface area contributed by atoms with Gasteiger partial charge < -0.3 is 9.88 Å². The minimum absolute atomic E-state index is 0.222. The molecule has 8 heteroatoms. The lowest BCUT2D eigenvalue weighted by Crippen LogP contribution is -2.28. The summed E-state index contributed by atoms with van der Waals surface area (Å²) in [7, 11) is 1.83. The van der Waals surface area contributed by atoms with Gasteiger partial charge in [0.1, 0.15) is 12.0 Å². The normalized spacial score (nSPS) is 14.4. The predicted molar refractivity (Wildman–Crippen MR) is 82.9 cm³/mol. The van der Waals surface area contributed by atoms with Gasteiger partial charge in [-0.25, -0.2) is 4.98 Å². The summed E-state index contributed by atoms with van der Waals surface area (Å²) in [4.78, 5) is 16.2. The third-order valence-electron chi connectivity index (χ3n) is 3.67. The maximum absolute atomic E-state index is 12.1. The fourth-order valence-corrected chi connectivity index (χ4v) is 2.26. The molecular weight excluding hydrogens is 294 g/mol. The molecule has 0 bridgehead atoms. The summed E-state index contributed by atoms with van der Waals surface area (Å²) < 4.78 is 3.44. The van der Waals surface area contributed by atoms with Crippen LogP contribution in [0.25, 0.3) is 5.69 Å². The predicted octanol–water partition coefficient (Wildman–Crippen LogP) is 1.30. The van der Waals surface area contributed by atoms with Crippen LogP contribution in [0.2, 0.25) is 0 Å². The monoisotopic (exact) mass is 311 g/mol. The minimum atomic E-state index is -0.380. The zero-order valence-corrected chi connectivity index (χ0v) is 12.8. The summed E-state index contributed by atoms with van der Waals surface area (Å²) in [5.74, 6) is 2.36. The number of aryl methyl sites for hydroxylation is 1. The lowest BCUT2D eigenvalue weighted by atomic mass is 10.0. The van der Waals surface area contributed by atoms with E-state index in [9.17, 15) is 4.79 Å². The van der Waals surface area contributed by atoms with Gasteiger partial charge in [-0.3, -0.25) is 9.48 Å². The standard InChI is InChI=1S/C15H17N7O/c1-3-4-5-15(19-20-15)6-7-16-14(23)13-10-22(11-17-13)12-8-18-21(2)9-12/h1,8-11H,4-7H2,2H3,(H,16,23). The van der Waals surface area contributed by atoms with E-state index in [0.29, 0.717) is 25.1 Å². The van der Waals surface area contributed by atoms with Crippen molar-refractivity contribution in [1.29, 1.82) is 0 Å².